The summed E-state index contributed by atoms with van der Waals surface area (Å²) >= 11 is 0. The predicted octanol–water partition coefficient (Wildman–Crippen LogP) is 1.63. The van der Waals surface area contributed by atoms with Gasteiger partial charge in [0.15, 0.2) is 0 Å². The molecule has 0 fully saturated rings. The summed E-state index contributed by atoms with van der Waals surface area (Å²) in [5.41, 5.74) is 5.96. The first-order valence-electron chi connectivity index (χ1n) is 5.10. The van der Waals surface area contributed by atoms with E-state index in [-0.39, 0.29) is 11.5 Å². The SMILES string of the molecule is CCOP(C)(C)(O)S(=O)(=O)c1ccc(N)cc1. The van der Waals surface area contributed by atoms with Crippen molar-refractivity contribution in [2.75, 3.05) is 25.7 Å². The molecule has 0 unspecified atom stereocenters. The zero-order valence-electron chi connectivity index (χ0n) is 10.1. The van der Waals surface area contributed by atoms with E-state index in [1.807, 2.05) is 0 Å². The fourth-order valence-corrected chi connectivity index (χ4v) is 6.24. The number of rotatable bonds is 4. The minimum atomic E-state index is -4.23. The first-order chi connectivity index (χ1) is 7.59. The average Bonchev–Trinajstić information content (AvgIpc) is 2.16. The molecule has 0 bridgehead atoms. The summed E-state index contributed by atoms with van der Waals surface area (Å²) in [6.07, 6.45) is -4.23. The first kappa shape index (κ1) is 14.4. The number of nitrogens with two attached hydrogens (primary N) is 1. The zero-order chi connectivity index (χ0) is 13.3. The Labute approximate surface area is 101 Å². The molecule has 1 aromatic rings. The molecule has 17 heavy (non-hydrogen) atoms. The minimum absolute atomic E-state index is 0.0188. The van der Waals surface area contributed by atoms with Crippen molar-refractivity contribution in [3.8, 4) is 0 Å². The summed E-state index contributed by atoms with van der Waals surface area (Å²) in [6.45, 7) is 4.28. The summed E-state index contributed by atoms with van der Waals surface area (Å²) < 4.78 is 29.8. The molecule has 0 aliphatic carbocycles. The Kier molecular flexibility index (Phi) is 3.56. The molecule has 0 aliphatic rings. The van der Waals surface area contributed by atoms with E-state index in [1.54, 1.807) is 6.92 Å². The second-order valence-corrected chi connectivity index (χ2v) is 14.2. The molecule has 0 saturated heterocycles. The fourth-order valence-electron chi connectivity index (χ4n) is 1.38. The molecule has 0 aromatic heterocycles. The van der Waals surface area contributed by atoms with E-state index in [2.05, 4.69) is 0 Å². The number of hydrogen-bond donors (Lipinski definition) is 2. The van der Waals surface area contributed by atoms with E-state index in [0.29, 0.717) is 5.69 Å². The van der Waals surface area contributed by atoms with E-state index >= 15 is 0 Å². The van der Waals surface area contributed by atoms with Crippen LogP contribution in [0, 0.1) is 0 Å². The van der Waals surface area contributed by atoms with Crippen molar-refractivity contribution in [3.63, 3.8) is 0 Å². The normalized spacial score (nSPS) is 15.2. The second kappa shape index (κ2) is 4.21. The molecular weight excluding hydrogens is 261 g/mol. The average molecular weight is 279 g/mol. The van der Waals surface area contributed by atoms with Gasteiger partial charge in [0.25, 0.3) is 0 Å². The van der Waals surface area contributed by atoms with E-state index in [0.717, 1.165) is 0 Å². The Bertz CT molecular complexity index is 501. The van der Waals surface area contributed by atoms with Gasteiger partial charge in [0.05, 0.1) is 0 Å². The van der Waals surface area contributed by atoms with Crippen molar-refractivity contribution >= 4 is 21.4 Å². The van der Waals surface area contributed by atoms with Gasteiger partial charge in [-0.25, -0.2) is 0 Å². The maximum absolute atomic E-state index is 12.3. The molecule has 1 rings (SSSR count). The van der Waals surface area contributed by atoms with E-state index in [1.165, 1.54) is 37.6 Å². The Morgan fingerprint density at radius 3 is 2.18 bits per heavy atom. The third-order valence-corrected chi connectivity index (χ3v) is 10.7. The third kappa shape index (κ3) is 2.60. The molecule has 5 nitrogen and oxygen atoms in total. The molecular formula is C10H18NO4PS. The third-order valence-electron chi connectivity index (χ3n) is 2.36. The van der Waals surface area contributed by atoms with E-state index in [9.17, 15) is 13.3 Å². The van der Waals surface area contributed by atoms with Crippen LogP contribution in [0.15, 0.2) is 29.2 Å². The van der Waals surface area contributed by atoms with Crippen LogP contribution in [0.1, 0.15) is 6.92 Å². The number of anilines is 1. The van der Waals surface area contributed by atoms with Crippen LogP contribution < -0.4 is 5.73 Å². The van der Waals surface area contributed by atoms with Gasteiger partial charge in [-0.1, -0.05) is 0 Å². The van der Waals surface area contributed by atoms with Gasteiger partial charge in [-0.15, -0.1) is 0 Å². The van der Waals surface area contributed by atoms with Gasteiger partial charge >= 0.3 is 101 Å². The number of nitrogen functional groups attached to an aromatic ring is 1. The van der Waals surface area contributed by atoms with Crippen LogP contribution in [0.3, 0.4) is 0 Å². The molecule has 3 N–H and O–H groups in total. The molecule has 98 valence electrons. The molecule has 0 atom stereocenters. The summed E-state index contributed by atoms with van der Waals surface area (Å²) in [7, 11) is -3.91. The second-order valence-electron chi connectivity index (χ2n) is 4.28. The quantitative estimate of drug-likeness (QED) is 0.646. The molecule has 0 saturated carbocycles. The Balaban J connectivity index is 3.34. The van der Waals surface area contributed by atoms with Crippen molar-refractivity contribution in [2.24, 2.45) is 0 Å². The van der Waals surface area contributed by atoms with Crippen molar-refractivity contribution in [3.05, 3.63) is 24.3 Å². The fraction of sp³-hybridized carbons (Fsp3) is 0.400. The van der Waals surface area contributed by atoms with Gasteiger partial charge in [-0.2, -0.15) is 0 Å². The molecule has 7 heteroatoms. The Morgan fingerprint density at radius 2 is 1.76 bits per heavy atom. The summed E-state index contributed by atoms with van der Waals surface area (Å²) in [5, 5.41) is 0. The topological polar surface area (TPSA) is 89.6 Å². The summed E-state index contributed by atoms with van der Waals surface area (Å²) in [5.74, 6) is 0. The molecule has 0 radical (unpaired) electrons. The monoisotopic (exact) mass is 279 g/mol. The van der Waals surface area contributed by atoms with Gasteiger partial charge in [-0.3, -0.25) is 0 Å². The van der Waals surface area contributed by atoms with Gasteiger partial charge < -0.3 is 0 Å². The van der Waals surface area contributed by atoms with Crippen LogP contribution in [0.25, 0.3) is 0 Å². The molecule has 0 spiro atoms. The first-order valence-corrected chi connectivity index (χ1v) is 10.2. The van der Waals surface area contributed by atoms with Crippen LogP contribution >= 0.6 is 6.26 Å². The van der Waals surface area contributed by atoms with Gasteiger partial charge in [0.1, 0.15) is 0 Å². The van der Waals surface area contributed by atoms with Crippen LogP contribution in [0.2, 0.25) is 0 Å². The summed E-state index contributed by atoms with van der Waals surface area (Å²) in [4.78, 5) is 10.3. The predicted molar refractivity (Wildman–Crippen MR) is 70.7 cm³/mol. The van der Waals surface area contributed by atoms with Gasteiger partial charge in [0.2, 0.25) is 0 Å². The molecule has 1 aromatic carbocycles. The van der Waals surface area contributed by atoms with Crippen LogP contribution in [-0.2, 0) is 14.0 Å². The van der Waals surface area contributed by atoms with Crippen LogP contribution in [0.5, 0.6) is 0 Å². The standard InChI is InChI=1S/C10H18NO4PS/c1-4-15-16(2,3,12)17(13,14)10-7-5-9(11)6-8-10/h5-8,12H,4,11H2,1-3H3. The van der Waals surface area contributed by atoms with E-state index in [4.69, 9.17) is 10.3 Å². The van der Waals surface area contributed by atoms with Gasteiger partial charge in [0, 0.05) is 0 Å². The number of hydrogen-bond acceptors (Lipinski definition) is 5. The van der Waals surface area contributed by atoms with Crippen molar-refractivity contribution in [2.45, 2.75) is 11.8 Å². The molecule has 0 aliphatic heterocycles. The van der Waals surface area contributed by atoms with Crippen molar-refractivity contribution < 1.29 is 17.8 Å². The van der Waals surface area contributed by atoms with E-state index < -0.39 is 15.7 Å². The number of benzene rings is 1. The van der Waals surface area contributed by atoms with Gasteiger partial charge in [-0.05, 0) is 0 Å². The summed E-state index contributed by atoms with van der Waals surface area (Å²) in [6, 6.07) is 5.69. The molecule has 0 heterocycles. The maximum atomic E-state index is 12.3. The van der Waals surface area contributed by atoms with Crippen molar-refractivity contribution in [1.82, 2.24) is 0 Å². The Hall–Kier alpha value is -0.680. The Morgan fingerprint density at radius 1 is 1.29 bits per heavy atom. The van der Waals surface area contributed by atoms with Crippen LogP contribution in [0.4, 0.5) is 5.69 Å². The van der Waals surface area contributed by atoms with Crippen LogP contribution in [-0.4, -0.2) is 33.2 Å². The zero-order valence-corrected chi connectivity index (χ0v) is 11.8. The van der Waals surface area contributed by atoms with Crippen molar-refractivity contribution in [1.29, 1.82) is 0 Å². The molecule has 0 amide bonds.